The first-order valence-corrected chi connectivity index (χ1v) is 14.3. The molecule has 0 radical (unpaired) electrons. The van der Waals surface area contributed by atoms with Crippen LogP contribution in [0.4, 0.5) is 26.3 Å². The third kappa shape index (κ3) is 5.70. The molecule has 19 heteroatoms. The van der Waals surface area contributed by atoms with E-state index >= 15 is 0 Å². The predicted octanol–water partition coefficient (Wildman–Crippen LogP) is 2.38. The number of hydrogen-bond acceptors (Lipinski definition) is 13. The summed E-state index contributed by atoms with van der Waals surface area (Å²) in [5.74, 6) is -1.91. The van der Waals surface area contributed by atoms with Gasteiger partial charge in [0.2, 0.25) is 0 Å². The SMILES string of the molecule is N#CC(C#N)=C1N=c2ccc(-c3nc(C(C#N)=C4N=c5ccccc5=N4)nc(C(C#N)=C4N=c5cc(C(F)(F)F)c(C(F)(F)F)cc5=N4)n3)cc2=N1. The molecule has 1 aromatic heterocycles. The van der Waals surface area contributed by atoms with Crippen LogP contribution < -0.4 is 32.1 Å². The van der Waals surface area contributed by atoms with Gasteiger partial charge in [0.25, 0.3) is 0 Å². The Kier molecular flexibility index (Phi) is 7.55. The van der Waals surface area contributed by atoms with Gasteiger partial charge in [-0.25, -0.2) is 44.9 Å². The van der Waals surface area contributed by atoms with E-state index in [0.29, 0.717) is 10.7 Å². The van der Waals surface area contributed by atoms with Crippen LogP contribution >= 0.6 is 0 Å². The van der Waals surface area contributed by atoms with Crippen molar-refractivity contribution in [2.75, 3.05) is 0 Å². The van der Waals surface area contributed by atoms with Crippen molar-refractivity contribution < 1.29 is 26.3 Å². The molecule has 0 amide bonds. The van der Waals surface area contributed by atoms with Gasteiger partial charge < -0.3 is 0 Å². The maximum Gasteiger partial charge on any atom is 0.417 e. The molecule has 0 atom stereocenters. The molecule has 0 spiro atoms. The second-order valence-electron chi connectivity index (χ2n) is 10.6. The topological polar surface area (TPSA) is 208 Å². The van der Waals surface area contributed by atoms with Crippen molar-refractivity contribution in [3.8, 4) is 35.7 Å². The van der Waals surface area contributed by atoms with E-state index in [1.54, 1.807) is 42.5 Å². The zero-order valence-electron chi connectivity index (χ0n) is 25.3. The van der Waals surface area contributed by atoms with Gasteiger partial charge in [0.05, 0.1) is 43.3 Å². The Hall–Kier alpha value is -7.77. The summed E-state index contributed by atoms with van der Waals surface area (Å²) >= 11 is 0. The summed E-state index contributed by atoms with van der Waals surface area (Å²) < 4.78 is 81.8. The Balaban J connectivity index is 1.47. The van der Waals surface area contributed by atoms with Gasteiger partial charge in [-0.15, -0.1) is 0 Å². The summed E-state index contributed by atoms with van der Waals surface area (Å²) in [5.41, 5.74) is -5.02. The first-order chi connectivity index (χ1) is 24.8. The molecule has 0 unspecified atom stereocenters. The third-order valence-electron chi connectivity index (χ3n) is 7.40. The number of aromatic nitrogens is 3. The zero-order valence-corrected chi connectivity index (χ0v) is 25.3. The number of benzene rings is 3. The van der Waals surface area contributed by atoms with E-state index < -0.39 is 51.4 Å². The summed E-state index contributed by atoms with van der Waals surface area (Å²) in [6.45, 7) is 0. The second-order valence-corrected chi connectivity index (χ2v) is 10.6. The van der Waals surface area contributed by atoms with Crippen LogP contribution in [0, 0.1) is 45.3 Å². The standard InChI is InChI=1S/C33H9F6N13/c34-32(35,36)18-8-24-25(9-19(18)33(37,38)39)49-29(48-24)17(13-43)31-51-26(14-5-6-22-23(7-14)47-27(44-22)15(10-40)11-41)50-30(52-31)16(12-42)28-45-20-3-1-2-4-21(20)46-28/h1-9H. The normalized spacial score (nSPS) is 13.5. The summed E-state index contributed by atoms with van der Waals surface area (Å²) in [5, 5.41) is 39.1. The van der Waals surface area contributed by atoms with Gasteiger partial charge in [0.1, 0.15) is 35.4 Å². The fourth-order valence-corrected chi connectivity index (χ4v) is 5.07. The summed E-state index contributed by atoms with van der Waals surface area (Å²) in [6.07, 6.45) is -10.8. The molecule has 7 rings (SSSR count). The average Bonchev–Trinajstić information content (AvgIpc) is 3.84. The lowest BCUT2D eigenvalue weighted by atomic mass is 10.1. The van der Waals surface area contributed by atoms with Gasteiger partial charge in [0, 0.05) is 5.56 Å². The number of para-hydroxylation sites is 2. The quantitative estimate of drug-likeness (QED) is 0.230. The Morgan fingerprint density at radius 1 is 0.481 bits per heavy atom. The summed E-state index contributed by atoms with van der Waals surface area (Å²) in [6, 6.07) is 18.5. The smallest absolute Gasteiger partial charge is 0.226 e. The molecule has 52 heavy (non-hydrogen) atoms. The van der Waals surface area contributed by atoms with Crippen molar-refractivity contribution in [3.05, 3.63) is 133 Å². The highest BCUT2D eigenvalue weighted by Crippen LogP contribution is 2.39. The van der Waals surface area contributed by atoms with Crippen LogP contribution in [0.1, 0.15) is 22.8 Å². The van der Waals surface area contributed by atoms with Crippen molar-refractivity contribution in [2.24, 2.45) is 30.0 Å². The third-order valence-corrected chi connectivity index (χ3v) is 7.40. The van der Waals surface area contributed by atoms with Gasteiger partial charge in [-0.1, -0.05) is 12.1 Å². The van der Waals surface area contributed by atoms with Gasteiger partial charge in [-0.2, -0.15) is 47.4 Å². The number of fused-ring (bicyclic) bond motifs is 3. The van der Waals surface area contributed by atoms with Gasteiger partial charge >= 0.3 is 12.4 Å². The highest BCUT2D eigenvalue weighted by atomic mass is 19.4. The molecule has 3 aromatic carbocycles. The van der Waals surface area contributed by atoms with Crippen molar-refractivity contribution in [3.63, 3.8) is 0 Å². The van der Waals surface area contributed by atoms with Crippen LogP contribution in [0.2, 0.25) is 0 Å². The predicted molar refractivity (Wildman–Crippen MR) is 158 cm³/mol. The Bertz CT molecular complexity index is 2880. The number of nitrogens with zero attached hydrogens (tertiary/aromatic N) is 13. The fourth-order valence-electron chi connectivity index (χ4n) is 5.07. The molecule has 0 fully saturated rings. The molecule has 0 bridgehead atoms. The monoisotopic (exact) mass is 701 g/mol. The van der Waals surface area contributed by atoms with E-state index in [1.807, 2.05) is 6.07 Å². The van der Waals surface area contributed by atoms with E-state index in [1.165, 1.54) is 18.2 Å². The van der Waals surface area contributed by atoms with Gasteiger partial charge in [0.15, 0.2) is 40.5 Å². The van der Waals surface area contributed by atoms with Crippen LogP contribution in [0.5, 0.6) is 0 Å². The Morgan fingerprint density at radius 2 is 0.904 bits per heavy atom. The van der Waals surface area contributed by atoms with Gasteiger partial charge in [-0.05, 0) is 42.5 Å². The molecule has 13 nitrogen and oxygen atoms in total. The molecule has 4 aromatic rings. The van der Waals surface area contributed by atoms with E-state index in [0.717, 1.165) is 0 Å². The molecular formula is C33H9F6N13. The molecule has 4 heterocycles. The number of halogens is 6. The lowest BCUT2D eigenvalue weighted by molar-refractivity contribution is -0.162. The summed E-state index contributed by atoms with van der Waals surface area (Å²) in [7, 11) is 0. The summed E-state index contributed by atoms with van der Waals surface area (Å²) in [4.78, 5) is 37.9. The largest absolute Gasteiger partial charge is 0.417 e. The zero-order chi connectivity index (χ0) is 36.9. The van der Waals surface area contributed by atoms with Crippen LogP contribution in [0.3, 0.4) is 0 Å². The highest BCUT2D eigenvalue weighted by molar-refractivity contribution is 5.80. The first kappa shape index (κ1) is 32.8. The molecule has 3 aliphatic heterocycles. The fraction of sp³-hybridized carbons (Fsp3) is 0.0606. The highest BCUT2D eigenvalue weighted by Gasteiger charge is 2.43. The number of nitriles is 4. The first-order valence-electron chi connectivity index (χ1n) is 14.3. The lowest BCUT2D eigenvalue weighted by Gasteiger charge is -2.14. The number of hydrogen-bond donors (Lipinski definition) is 0. The van der Waals surface area contributed by atoms with Crippen molar-refractivity contribution in [1.82, 2.24) is 15.0 Å². The van der Waals surface area contributed by atoms with E-state index in [-0.39, 0.29) is 62.8 Å². The van der Waals surface area contributed by atoms with Crippen LogP contribution in [-0.4, -0.2) is 15.0 Å². The molecule has 248 valence electrons. The minimum absolute atomic E-state index is 0.0990. The molecular weight excluding hydrogens is 692 g/mol. The van der Waals surface area contributed by atoms with Gasteiger partial charge in [-0.3, -0.25) is 0 Å². The number of alkyl halides is 6. The minimum atomic E-state index is -5.40. The maximum atomic E-state index is 13.6. The molecule has 0 N–H and O–H groups in total. The molecule has 0 saturated carbocycles. The molecule has 0 saturated heterocycles. The minimum Gasteiger partial charge on any atom is -0.226 e. The van der Waals surface area contributed by atoms with E-state index in [2.05, 4.69) is 44.9 Å². The molecule has 0 aliphatic carbocycles. The Morgan fingerprint density at radius 3 is 1.37 bits per heavy atom. The molecule has 3 aliphatic rings. The van der Waals surface area contributed by atoms with Crippen LogP contribution in [0.25, 0.3) is 22.5 Å². The van der Waals surface area contributed by atoms with Crippen LogP contribution in [0.15, 0.2) is 108 Å². The second kappa shape index (κ2) is 12.0. The number of rotatable bonds is 3. The van der Waals surface area contributed by atoms with Crippen molar-refractivity contribution >= 4 is 11.1 Å². The Labute approximate surface area is 283 Å². The van der Waals surface area contributed by atoms with E-state index in [4.69, 9.17) is 0 Å². The van der Waals surface area contributed by atoms with Crippen molar-refractivity contribution in [2.45, 2.75) is 12.4 Å². The van der Waals surface area contributed by atoms with Crippen LogP contribution in [-0.2, 0) is 12.4 Å². The average molecular weight is 702 g/mol. The number of allylic oxidation sites excluding steroid dienone is 3. The van der Waals surface area contributed by atoms with Crippen molar-refractivity contribution in [1.29, 1.82) is 21.0 Å². The lowest BCUT2D eigenvalue weighted by Crippen LogP contribution is -2.29. The maximum absolute atomic E-state index is 13.6. The van der Waals surface area contributed by atoms with E-state index in [9.17, 15) is 47.4 Å².